The van der Waals surface area contributed by atoms with Crippen molar-refractivity contribution in [3.05, 3.63) is 35.4 Å². The minimum atomic E-state index is -0.642. The van der Waals surface area contributed by atoms with Gasteiger partial charge in [0.1, 0.15) is 11.6 Å². The van der Waals surface area contributed by atoms with Gasteiger partial charge in [0.15, 0.2) is 0 Å². The van der Waals surface area contributed by atoms with Gasteiger partial charge in [0.25, 0.3) is 0 Å². The van der Waals surface area contributed by atoms with E-state index in [4.69, 9.17) is 0 Å². The van der Waals surface area contributed by atoms with Crippen molar-refractivity contribution in [2.24, 2.45) is 5.92 Å². The molecule has 0 spiro atoms. The second kappa shape index (κ2) is 5.48. The first-order valence-corrected chi connectivity index (χ1v) is 7.09. The third kappa shape index (κ3) is 2.54. The van der Waals surface area contributed by atoms with Gasteiger partial charge in [-0.15, -0.1) is 0 Å². The molecule has 1 N–H and O–H groups in total. The van der Waals surface area contributed by atoms with Crippen LogP contribution in [0.25, 0.3) is 0 Å². The van der Waals surface area contributed by atoms with E-state index in [-0.39, 0.29) is 23.9 Å². The summed E-state index contributed by atoms with van der Waals surface area (Å²) in [7, 11) is 0. The molecule has 1 aromatic rings. The predicted octanol–water partition coefficient (Wildman–Crippen LogP) is 1.72. The molecule has 2 atom stereocenters. The standard InChI is InChI=1S/C15H18F2N2O/c16-12-4-3-10(13(17)7-12)6-15(20)19-5-1-2-11-8-18-9-14(11)19/h3-4,7,11,14,18H,1-2,5-6,8-9H2. The van der Waals surface area contributed by atoms with Crippen molar-refractivity contribution in [1.29, 1.82) is 0 Å². The highest BCUT2D eigenvalue weighted by molar-refractivity contribution is 5.79. The first kappa shape index (κ1) is 13.5. The van der Waals surface area contributed by atoms with Gasteiger partial charge in [-0.05, 0) is 30.4 Å². The number of nitrogens with zero attached hydrogens (tertiary/aromatic N) is 1. The minimum absolute atomic E-state index is 0.00926. The quantitative estimate of drug-likeness (QED) is 0.894. The molecule has 0 aliphatic carbocycles. The van der Waals surface area contributed by atoms with Crippen LogP contribution in [0.5, 0.6) is 0 Å². The lowest BCUT2D eigenvalue weighted by atomic mass is 9.91. The van der Waals surface area contributed by atoms with Crippen LogP contribution in [0, 0.1) is 17.6 Å². The largest absolute Gasteiger partial charge is 0.338 e. The molecule has 5 heteroatoms. The molecule has 2 fully saturated rings. The van der Waals surface area contributed by atoms with E-state index in [0.717, 1.165) is 38.5 Å². The second-order valence-electron chi connectivity index (χ2n) is 5.63. The highest BCUT2D eigenvalue weighted by atomic mass is 19.1. The lowest BCUT2D eigenvalue weighted by molar-refractivity contribution is -0.134. The van der Waals surface area contributed by atoms with E-state index in [9.17, 15) is 13.6 Å². The summed E-state index contributed by atoms with van der Waals surface area (Å²) in [6, 6.07) is 3.62. The van der Waals surface area contributed by atoms with Crippen molar-refractivity contribution < 1.29 is 13.6 Å². The molecule has 2 saturated heterocycles. The lowest BCUT2D eigenvalue weighted by Crippen LogP contribution is -2.48. The average Bonchev–Trinajstić information content (AvgIpc) is 2.90. The number of carbonyl (C=O) groups is 1. The molecule has 3 rings (SSSR count). The summed E-state index contributed by atoms with van der Waals surface area (Å²) in [5.74, 6) is -0.798. The van der Waals surface area contributed by atoms with Crippen molar-refractivity contribution >= 4 is 5.91 Å². The van der Waals surface area contributed by atoms with Gasteiger partial charge < -0.3 is 10.2 Å². The molecule has 108 valence electrons. The summed E-state index contributed by atoms with van der Waals surface area (Å²) in [6.07, 6.45) is 2.15. The van der Waals surface area contributed by atoms with Crippen molar-refractivity contribution in [2.75, 3.05) is 19.6 Å². The van der Waals surface area contributed by atoms with Gasteiger partial charge in [-0.25, -0.2) is 8.78 Å². The first-order valence-electron chi connectivity index (χ1n) is 7.09. The summed E-state index contributed by atoms with van der Waals surface area (Å²) >= 11 is 0. The molecular formula is C15H18F2N2O. The van der Waals surface area contributed by atoms with Crippen molar-refractivity contribution in [3.63, 3.8) is 0 Å². The maximum Gasteiger partial charge on any atom is 0.227 e. The molecule has 3 nitrogen and oxygen atoms in total. The van der Waals surface area contributed by atoms with Crippen molar-refractivity contribution in [3.8, 4) is 0 Å². The number of rotatable bonds is 2. The summed E-state index contributed by atoms with van der Waals surface area (Å²) in [4.78, 5) is 14.3. The molecular weight excluding hydrogens is 262 g/mol. The van der Waals surface area contributed by atoms with Gasteiger partial charge in [0, 0.05) is 31.7 Å². The van der Waals surface area contributed by atoms with Crippen molar-refractivity contribution in [1.82, 2.24) is 10.2 Å². The van der Waals surface area contributed by atoms with E-state index in [1.54, 1.807) is 0 Å². The number of hydrogen-bond donors (Lipinski definition) is 1. The van der Waals surface area contributed by atoms with Crippen LogP contribution >= 0.6 is 0 Å². The van der Waals surface area contributed by atoms with Gasteiger partial charge in [-0.3, -0.25) is 4.79 Å². The number of carbonyl (C=O) groups excluding carboxylic acids is 1. The van der Waals surface area contributed by atoms with E-state index in [2.05, 4.69) is 5.32 Å². The molecule has 2 aliphatic heterocycles. The minimum Gasteiger partial charge on any atom is -0.338 e. The fourth-order valence-corrected chi connectivity index (χ4v) is 3.31. The summed E-state index contributed by atoms with van der Waals surface area (Å²) in [5.41, 5.74) is 0.268. The highest BCUT2D eigenvalue weighted by Gasteiger charge is 2.37. The molecule has 2 unspecified atom stereocenters. The summed E-state index contributed by atoms with van der Waals surface area (Å²) in [6.45, 7) is 2.52. The van der Waals surface area contributed by atoms with Crippen LogP contribution in [-0.4, -0.2) is 36.5 Å². The van der Waals surface area contributed by atoms with Crippen LogP contribution in [0.3, 0.4) is 0 Å². The van der Waals surface area contributed by atoms with Crippen LogP contribution in [0.1, 0.15) is 18.4 Å². The van der Waals surface area contributed by atoms with E-state index < -0.39 is 11.6 Å². The number of fused-ring (bicyclic) bond motifs is 1. The third-order valence-electron chi connectivity index (χ3n) is 4.36. The predicted molar refractivity (Wildman–Crippen MR) is 71.2 cm³/mol. The molecule has 1 aromatic carbocycles. The molecule has 0 bridgehead atoms. The van der Waals surface area contributed by atoms with Gasteiger partial charge in [0.2, 0.25) is 5.91 Å². The Bertz CT molecular complexity index is 521. The molecule has 0 saturated carbocycles. The topological polar surface area (TPSA) is 32.3 Å². The Hall–Kier alpha value is -1.49. The monoisotopic (exact) mass is 280 g/mol. The van der Waals surface area contributed by atoms with Crippen LogP contribution in [0.2, 0.25) is 0 Å². The van der Waals surface area contributed by atoms with Gasteiger partial charge in [0.05, 0.1) is 6.42 Å². The number of benzene rings is 1. The van der Waals surface area contributed by atoms with Crippen LogP contribution in [-0.2, 0) is 11.2 Å². The Labute approximate surface area is 117 Å². The number of piperidine rings is 1. The molecule has 0 aromatic heterocycles. The SMILES string of the molecule is O=C(Cc1ccc(F)cc1F)N1CCCC2CNCC21. The lowest BCUT2D eigenvalue weighted by Gasteiger charge is -2.37. The Morgan fingerprint density at radius 1 is 1.35 bits per heavy atom. The zero-order valence-corrected chi connectivity index (χ0v) is 11.2. The summed E-state index contributed by atoms with van der Waals surface area (Å²) in [5, 5.41) is 3.31. The number of likely N-dealkylation sites (tertiary alicyclic amines) is 1. The number of amides is 1. The van der Waals surface area contributed by atoms with Crippen molar-refractivity contribution in [2.45, 2.75) is 25.3 Å². The molecule has 0 radical (unpaired) electrons. The smallest absolute Gasteiger partial charge is 0.227 e. The molecule has 1 amide bonds. The van der Waals surface area contributed by atoms with Crippen LogP contribution in [0.4, 0.5) is 8.78 Å². The van der Waals surface area contributed by atoms with Gasteiger partial charge in [-0.1, -0.05) is 6.07 Å². The summed E-state index contributed by atoms with van der Waals surface area (Å²) < 4.78 is 26.5. The maximum atomic E-state index is 13.6. The fourth-order valence-electron chi connectivity index (χ4n) is 3.31. The maximum absolute atomic E-state index is 13.6. The van der Waals surface area contributed by atoms with E-state index in [1.165, 1.54) is 12.1 Å². The Kier molecular flexibility index (Phi) is 3.70. The zero-order chi connectivity index (χ0) is 14.1. The number of nitrogens with one attached hydrogen (secondary N) is 1. The zero-order valence-electron chi connectivity index (χ0n) is 11.2. The third-order valence-corrected chi connectivity index (χ3v) is 4.36. The fraction of sp³-hybridized carbons (Fsp3) is 0.533. The molecule has 20 heavy (non-hydrogen) atoms. The van der Waals surface area contributed by atoms with Gasteiger partial charge >= 0.3 is 0 Å². The van der Waals surface area contributed by atoms with Crippen LogP contribution in [0.15, 0.2) is 18.2 Å². The number of halogens is 2. The highest BCUT2D eigenvalue weighted by Crippen LogP contribution is 2.27. The first-order chi connectivity index (χ1) is 9.65. The molecule has 2 heterocycles. The van der Waals surface area contributed by atoms with Crippen LogP contribution < -0.4 is 5.32 Å². The molecule has 2 aliphatic rings. The van der Waals surface area contributed by atoms with E-state index >= 15 is 0 Å². The van der Waals surface area contributed by atoms with Gasteiger partial charge in [-0.2, -0.15) is 0 Å². The second-order valence-corrected chi connectivity index (χ2v) is 5.63. The van der Waals surface area contributed by atoms with E-state index in [0.29, 0.717) is 5.92 Å². The number of hydrogen-bond acceptors (Lipinski definition) is 2. The average molecular weight is 280 g/mol. The Morgan fingerprint density at radius 3 is 3.00 bits per heavy atom. The van der Waals surface area contributed by atoms with E-state index in [1.807, 2.05) is 4.90 Å². The Morgan fingerprint density at radius 2 is 2.20 bits per heavy atom. The normalized spacial score (nSPS) is 25.6. The Balaban J connectivity index is 1.72.